The van der Waals surface area contributed by atoms with Gasteiger partial charge in [0, 0.05) is 30.5 Å². The molecular formula is C26H28N6O3. The number of nitriles is 1. The first-order chi connectivity index (χ1) is 17.0. The molecule has 2 aromatic heterocycles. The van der Waals surface area contributed by atoms with Crippen molar-refractivity contribution in [3.05, 3.63) is 51.9 Å². The highest BCUT2D eigenvalue weighted by Gasteiger charge is 2.36. The maximum Gasteiger partial charge on any atom is 0.261 e. The van der Waals surface area contributed by atoms with Gasteiger partial charge in [-0.2, -0.15) is 10.4 Å². The van der Waals surface area contributed by atoms with Gasteiger partial charge in [0.1, 0.15) is 5.39 Å². The molecule has 6 rings (SSSR count). The van der Waals surface area contributed by atoms with E-state index in [1.807, 2.05) is 40.8 Å². The van der Waals surface area contributed by atoms with Crippen LogP contribution in [0.4, 0.5) is 11.5 Å². The third kappa shape index (κ3) is 3.98. The molecule has 1 aliphatic carbocycles. The standard InChI is InChI=1S/C26H28N6O3/c1-15-12-17(4-7-20(15)26(34)31-13-18-5-6-19(14-31)35-18)29-24-23-22(9-11-28-25(23)33)32(30-24)21(8-10-27)16-2-3-16/h4,7,9,11-12,16,18-19,21H,2-3,5-6,8,13-14H2,1H3,(H,28,33)(H,29,30)/t18-,19+,21-/m0/s1. The zero-order valence-electron chi connectivity index (χ0n) is 19.7. The number of aromatic nitrogens is 3. The van der Waals surface area contributed by atoms with E-state index in [2.05, 4.69) is 16.4 Å². The zero-order valence-corrected chi connectivity index (χ0v) is 19.7. The largest absolute Gasteiger partial charge is 0.371 e. The van der Waals surface area contributed by atoms with Crippen molar-refractivity contribution in [2.45, 2.75) is 57.3 Å². The van der Waals surface area contributed by atoms with Gasteiger partial charge in [-0.3, -0.25) is 14.3 Å². The van der Waals surface area contributed by atoms with Crippen LogP contribution >= 0.6 is 0 Å². The number of anilines is 2. The molecule has 3 fully saturated rings. The minimum atomic E-state index is -0.228. The first-order valence-electron chi connectivity index (χ1n) is 12.3. The number of rotatable bonds is 6. The first-order valence-corrected chi connectivity index (χ1v) is 12.3. The number of pyridine rings is 1. The van der Waals surface area contributed by atoms with E-state index < -0.39 is 0 Å². The van der Waals surface area contributed by atoms with Gasteiger partial charge in [0.05, 0.1) is 36.3 Å². The van der Waals surface area contributed by atoms with E-state index in [1.165, 1.54) is 0 Å². The van der Waals surface area contributed by atoms with Gasteiger partial charge in [-0.1, -0.05) is 0 Å². The monoisotopic (exact) mass is 472 g/mol. The average Bonchev–Trinajstić information content (AvgIpc) is 3.55. The van der Waals surface area contributed by atoms with Crippen LogP contribution in [0, 0.1) is 24.2 Å². The van der Waals surface area contributed by atoms with Crippen LogP contribution in [0.25, 0.3) is 10.9 Å². The normalized spacial score (nSPS) is 22.2. The van der Waals surface area contributed by atoms with Crippen LogP contribution in [0.2, 0.25) is 0 Å². The number of morpholine rings is 1. The summed E-state index contributed by atoms with van der Waals surface area (Å²) in [5, 5.41) is 17.9. The number of benzene rings is 1. The summed E-state index contributed by atoms with van der Waals surface area (Å²) < 4.78 is 7.71. The number of carbonyl (C=O) groups excluding carboxylic acids is 1. The second kappa shape index (κ2) is 8.54. The lowest BCUT2D eigenvalue weighted by Crippen LogP contribution is -2.46. The lowest BCUT2D eigenvalue weighted by Gasteiger charge is -2.32. The van der Waals surface area contributed by atoms with E-state index in [0.717, 1.165) is 36.9 Å². The molecule has 0 spiro atoms. The van der Waals surface area contributed by atoms with Crippen molar-refractivity contribution in [3.63, 3.8) is 0 Å². The summed E-state index contributed by atoms with van der Waals surface area (Å²) in [5.41, 5.74) is 2.77. The molecule has 1 amide bonds. The van der Waals surface area contributed by atoms with E-state index in [0.29, 0.717) is 47.7 Å². The van der Waals surface area contributed by atoms with Gasteiger partial charge in [0.2, 0.25) is 0 Å². The Hall–Kier alpha value is -3.64. The summed E-state index contributed by atoms with van der Waals surface area (Å²) >= 11 is 0. The number of ether oxygens (including phenoxy) is 1. The number of hydrogen-bond acceptors (Lipinski definition) is 6. The molecule has 3 aromatic rings. The zero-order chi connectivity index (χ0) is 24.1. The Morgan fingerprint density at radius 1 is 1.26 bits per heavy atom. The average molecular weight is 473 g/mol. The molecule has 1 aromatic carbocycles. The molecule has 2 bridgehead atoms. The van der Waals surface area contributed by atoms with Crippen LogP contribution in [-0.4, -0.2) is 50.9 Å². The number of hydrogen-bond donors (Lipinski definition) is 2. The molecule has 180 valence electrons. The summed E-state index contributed by atoms with van der Waals surface area (Å²) in [6.45, 7) is 3.21. The van der Waals surface area contributed by atoms with Crippen LogP contribution in [0.1, 0.15) is 54.1 Å². The molecule has 2 saturated heterocycles. The highest BCUT2D eigenvalue weighted by atomic mass is 16.5. The number of aryl methyl sites for hydroxylation is 1. The highest BCUT2D eigenvalue weighted by molar-refractivity contribution is 5.97. The van der Waals surface area contributed by atoms with E-state index in [4.69, 9.17) is 9.84 Å². The van der Waals surface area contributed by atoms with E-state index in [9.17, 15) is 14.9 Å². The molecule has 35 heavy (non-hydrogen) atoms. The van der Waals surface area contributed by atoms with Crippen molar-refractivity contribution in [2.75, 3.05) is 18.4 Å². The molecule has 9 heteroatoms. The van der Waals surface area contributed by atoms with Crippen LogP contribution in [-0.2, 0) is 4.74 Å². The topological polar surface area (TPSA) is 116 Å². The van der Waals surface area contributed by atoms with Crippen LogP contribution in [0.3, 0.4) is 0 Å². The summed E-state index contributed by atoms with van der Waals surface area (Å²) in [4.78, 5) is 30.6. The van der Waals surface area contributed by atoms with Crippen molar-refractivity contribution >= 4 is 28.3 Å². The fourth-order valence-electron chi connectivity index (χ4n) is 5.54. The lowest BCUT2D eigenvalue weighted by molar-refractivity contribution is -0.0303. The third-order valence-corrected chi connectivity index (χ3v) is 7.46. The Bertz CT molecular complexity index is 1390. The van der Waals surface area contributed by atoms with Gasteiger partial charge in [-0.05, 0) is 68.4 Å². The molecule has 3 atom stereocenters. The molecule has 0 unspecified atom stereocenters. The SMILES string of the molecule is Cc1cc(Nc2nn([C@@H](CC#N)C3CC3)c3cc[nH]c(=O)c23)ccc1C(=O)N1C[C@H]2CC[C@@H](C1)O2. The summed E-state index contributed by atoms with van der Waals surface area (Å²) in [7, 11) is 0. The predicted molar refractivity (Wildman–Crippen MR) is 131 cm³/mol. The van der Waals surface area contributed by atoms with Crippen molar-refractivity contribution < 1.29 is 9.53 Å². The minimum absolute atomic E-state index is 0.0317. The molecular weight excluding hydrogens is 444 g/mol. The number of likely N-dealkylation sites (tertiary alicyclic amines) is 1. The van der Waals surface area contributed by atoms with Gasteiger partial charge in [0.25, 0.3) is 11.5 Å². The van der Waals surface area contributed by atoms with Crippen molar-refractivity contribution in [1.29, 1.82) is 5.26 Å². The van der Waals surface area contributed by atoms with Gasteiger partial charge in [0.15, 0.2) is 5.82 Å². The summed E-state index contributed by atoms with van der Waals surface area (Å²) in [5.74, 6) is 0.894. The van der Waals surface area contributed by atoms with Gasteiger partial charge >= 0.3 is 0 Å². The van der Waals surface area contributed by atoms with E-state index >= 15 is 0 Å². The quantitative estimate of drug-likeness (QED) is 0.566. The minimum Gasteiger partial charge on any atom is -0.371 e. The van der Waals surface area contributed by atoms with Crippen molar-refractivity contribution in [3.8, 4) is 6.07 Å². The van der Waals surface area contributed by atoms with Crippen molar-refractivity contribution in [2.24, 2.45) is 5.92 Å². The lowest BCUT2D eigenvalue weighted by atomic mass is 10.1. The van der Waals surface area contributed by atoms with Crippen molar-refractivity contribution in [1.82, 2.24) is 19.7 Å². The Balaban J connectivity index is 1.29. The number of amides is 1. The molecule has 0 radical (unpaired) electrons. The number of fused-ring (bicyclic) bond motifs is 3. The Kier molecular flexibility index (Phi) is 5.33. The Labute approximate surface area is 202 Å². The highest BCUT2D eigenvalue weighted by Crippen LogP contribution is 2.43. The van der Waals surface area contributed by atoms with E-state index in [-0.39, 0.29) is 29.7 Å². The van der Waals surface area contributed by atoms with Gasteiger partial charge < -0.3 is 19.9 Å². The van der Waals surface area contributed by atoms with Gasteiger partial charge in [-0.15, -0.1) is 0 Å². The Morgan fingerprint density at radius 2 is 2.03 bits per heavy atom. The number of aromatic amines is 1. The molecule has 3 aliphatic rings. The van der Waals surface area contributed by atoms with Crippen LogP contribution in [0.5, 0.6) is 0 Å². The molecule has 2 aliphatic heterocycles. The summed E-state index contributed by atoms with van der Waals surface area (Å²) in [6, 6.07) is 9.67. The molecule has 1 saturated carbocycles. The third-order valence-electron chi connectivity index (χ3n) is 7.46. The number of H-pyrrole nitrogens is 1. The Morgan fingerprint density at radius 3 is 2.71 bits per heavy atom. The fraction of sp³-hybridized carbons (Fsp3) is 0.462. The molecule has 9 nitrogen and oxygen atoms in total. The molecule has 4 heterocycles. The van der Waals surface area contributed by atoms with Crippen LogP contribution < -0.4 is 10.9 Å². The second-order valence-corrected chi connectivity index (χ2v) is 9.95. The molecule has 2 N–H and O–H groups in total. The fourth-order valence-corrected chi connectivity index (χ4v) is 5.54. The number of nitrogens with zero attached hydrogens (tertiary/aromatic N) is 4. The van der Waals surface area contributed by atoms with Crippen LogP contribution in [0.15, 0.2) is 35.3 Å². The maximum absolute atomic E-state index is 13.2. The number of carbonyl (C=O) groups is 1. The smallest absolute Gasteiger partial charge is 0.261 e. The first kappa shape index (κ1) is 21.9. The second-order valence-electron chi connectivity index (χ2n) is 9.95. The van der Waals surface area contributed by atoms with Gasteiger partial charge in [-0.25, -0.2) is 0 Å². The maximum atomic E-state index is 13.2. The predicted octanol–water partition coefficient (Wildman–Crippen LogP) is 3.64. The number of nitrogens with one attached hydrogen (secondary N) is 2. The summed E-state index contributed by atoms with van der Waals surface area (Å²) in [6.07, 6.45) is 6.45. The van der Waals surface area contributed by atoms with E-state index in [1.54, 1.807) is 6.20 Å².